The van der Waals surface area contributed by atoms with Gasteiger partial charge in [0.2, 0.25) is 0 Å². The smallest absolute Gasteiger partial charge is 0.497 e. The Morgan fingerprint density at radius 3 is 2.14 bits per heavy atom. The summed E-state index contributed by atoms with van der Waals surface area (Å²) in [6.45, 7) is 3.35. The van der Waals surface area contributed by atoms with E-state index in [1.54, 1.807) is 0 Å². The molecule has 0 bridgehead atoms. The number of halogens is 3. The van der Waals surface area contributed by atoms with Crippen molar-refractivity contribution in [3.8, 4) is 5.75 Å². The molecule has 1 aromatic carbocycles. The summed E-state index contributed by atoms with van der Waals surface area (Å²) in [5.41, 5.74) is -5.97. The molecule has 0 radical (unpaired) electrons. The molecule has 0 unspecified atom stereocenters. The molecule has 1 rings (SSSR count). The van der Waals surface area contributed by atoms with Crippen LogP contribution in [0.1, 0.15) is 5.56 Å². The van der Waals surface area contributed by atoms with Crippen LogP contribution in [0, 0.1) is 0 Å². The summed E-state index contributed by atoms with van der Waals surface area (Å²) < 4.78 is 90.7. The summed E-state index contributed by atoms with van der Waals surface area (Å²) in [5, 5.41) is 0. The molecule has 0 saturated carbocycles. The van der Waals surface area contributed by atoms with Crippen molar-refractivity contribution in [3.63, 3.8) is 0 Å². The van der Waals surface area contributed by atoms with Gasteiger partial charge in [0.1, 0.15) is 5.76 Å². The maximum absolute atomic E-state index is 12.3. The van der Waals surface area contributed by atoms with Gasteiger partial charge < -0.3 is 8.92 Å². The number of rotatable bonds is 5. The first-order valence-corrected chi connectivity index (χ1v) is 8.67. The monoisotopic (exact) mass is 360 g/mol. The van der Waals surface area contributed by atoms with Gasteiger partial charge in [0, 0.05) is 6.26 Å². The Bertz CT molecular complexity index is 794. The van der Waals surface area contributed by atoms with Crippen molar-refractivity contribution >= 4 is 25.7 Å². The molecule has 0 aliphatic rings. The fourth-order valence-corrected chi connectivity index (χ4v) is 2.43. The first-order chi connectivity index (χ1) is 9.79. The van der Waals surface area contributed by atoms with Crippen LogP contribution in [-0.4, -0.2) is 35.7 Å². The van der Waals surface area contributed by atoms with E-state index in [-0.39, 0.29) is 16.2 Å². The second-order valence-corrected chi connectivity index (χ2v) is 7.59. The Morgan fingerprint density at radius 2 is 1.73 bits per heavy atom. The molecule has 22 heavy (non-hydrogen) atoms. The van der Waals surface area contributed by atoms with Gasteiger partial charge in [-0.25, -0.2) is 8.42 Å². The summed E-state index contributed by atoms with van der Waals surface area (Å²) in [4.78, 5) is -0.266. The van der Waals surface area contributed by atoms with Crippen LogP contribution >= 0.6 is 0 Å². The van der Waals surface area contributed by atoms with Crippen molar-refractivity contribution in [2.75, 3.05) is 13.4 Å². The van der Waals surface area contributed by atoms with Gasteiger partial charge in [0.15, 0.2) is 15.6 Å². The van der Waals surface area contributed by atoms with E-state index in [0.717, 1.165) is 31.6 Å². The van der Waals surface area contributed by atoms with Crippen LogP contribution in [0.25, 0.3) is 5.76 Å². The molecular weight excluding hydrogens is 349 g/mol. The number of alkyl halides is 3. The van der Waals surface area contributed by atoms with Crippen LogP contribution in [0.15, 0.2) is 29.7 Å². The lowest BCUT2D eigenvalue weighted by atomic mass is 10.2. The second-order valence-electron chi connectivity index (χ2n) is 4.04. The summed E-state index contributed by atoms with van der Waals surface area (Å²) in [5.74, 6) is -1.02. The molecule has 6 nitrogen and oxygen atoms in total. The molecule has 0 spiro atoms. The molecule has 0 heterocycles. The van der Waals surface area contributed by atoms with Gasteiger partial charge in [-0.3, -0.25) is 0 Å². The van der Waals surface area contributed by atoms with Crippen molar-refractivity contribution in [1.82, 2.24) is 0 Å². The minimum atomic E-state index is -5.91. The average Bonchev–Trinajstić information content (AvgIpc) is 2.35. The fraction of sp³-hybridized carbons (Fsp3) is 0.273. The molecule has 0 aromatic heterocycles. The van der Waals surface area contributed by atoms with Crippen molar-refractivity contribution in [1.29, 1.82) is 0 Å². The van der Waals surface area contributed by atoms with Gasteiger partial charge in [0.05, 0.1) is 17.6 Å². The predicted octanol–water partition coefficient (Wildman–Crippen LogP) is 1.94. The zero-order valence-electron chi connectivity index (χ0n) is 11.3. The zero-order valence-corrected chi connectivity index (χ0v) is 13.0. The van der Waals surface area contributed by atoms with Crippen LogP contribution in [0.4, 0.5) is 13.2 Å². The third kappa shape index (κ3) is 3.91. The first kappa shape index (κ1) is 18.3. The molecule has 0 amide bonds. The molecule has 0 aliphatic heterocycles. The van der Waals surface area contributed by atoms with E-state index in [9.17, 15) is 30.0 Å². The third-order valence-electron chi connectivity index (χ3n) is 2.41. The highest BCUT2D eigenvalue weighted by Crippen LogP contribution is 2.33. The summed E-state index contributed by atoms with van der Waals surface area (Å²) in [6.07, 6.45) is 0.870. The van der Waals surface area contributed by atoms with Crippen molar-refractivity contribution < 1.29 is 38.9 Å². The number of methoxy groups -OCH3 is 1. The third-order valence-corrected chi connectivity index (χ3v) is 4.49. The molecule has 0 N–H and O–H groups in total. The summed E-state index contributed by atoms with van der Waals surface area (Å²) in [7, 11) is -8.47. The lowest BCUT2D eigenvalue weighted by Crippen LogP contribution is -2.28. The van der Waals surface area contributed by atoms with Crippen molar-refractivity contribution in [2.24, 2.45) is 0 Å². The van der Waals surface area contributed by atoms with Crippen LogP contribution in [-0.2, 0) is 24.7 Å². The molecule has 0 atom stereocenters. The van der Waals surface area contributed by atoms with Crippen LogP contribution in [0.5, 0.6) is 5.75 Å². The standard InChI is InChI=1S/C11H11F3O6S2/c1-7(19-2)9-6-8(21(3,15)16)4-5-10(9)20-22(17,18)11(12,13)14/h4-6H,1H2,2-3H3. The van der Waals surface area contributed by atoms with E-state index < -0.39 is 31.2 Å². The molecule has 124 valence electrons. The van der Waals surface area contributed by atoms with Crippen molar-refractivity contribution in [3.05, 3.63) is 30.3 Å². The normalized spacial score (nSPS) is 12.8. The molecule has 0 fully saturated rings. The second kappa shape index (κ2) is 5.80. The van der Waals surface area contributed by atoms with E-state index in [4.69, 9.17) is 4.74 Å². The highest BCUT2D eigenvalue weighted by atomic mass is 32.2. The lowest BCUT2D eigenvalue weighted by molar-refractivity contribution is -0.0500. The Hall–Kier alpha value is -1.75. The minimum absolute atomic E-state index is 0.266. The van der Waals surface area contributed by atoms with Crippen LogP contribution < -0.4 is 4.18 Å². The minimum Gasteiger partial charge on any atom is -0.497 e. The topological polar surface area (TPSA) is 86.7 Å². The number of benzene rings is 1. The average molecular weight is 360 g/mol. The van der Waals surface area contributed by atoms with E-state index in [1.807, 2.05) is 0 Å². The van der Waals surface area contributed by atoms with Crippen LogP contribution in [0.3, 0.4) is 0 Å². The lowest BCUT2D eigenvalue weighted by Gasteiger charge is -2.14. The Kier molecular flexibility index (Phi) is 4.82. The van der Waals surface area contributed by atoms with Crippen molar-refractivity contribution in [2.45, 2.75) is 10.4 Å². The number of hydrogen-bond acceptors (Lipinski definition) is 6. The van der Waals surface area contributed by atoms with E-state index in [0.29, 0.717) is 0 Å². The Labute approximate surface area is 125 Å². The molecular formula is C11H11F3O6S2. The number of sulfone groups is 1. The number of ether oxygens (including phenoxy) is 1. The first-order valence-electron chi connectivity index (χ1n) is 5.37. The maximum Gasteiger partial charge on any atom is 0.534 e. The van der Waals surface area contributed by atoms with Gasteiger partial charge in [-0.05, 0) is 18.2 Å². The number of hydrogen-bond donors (Lipinski definition) is 0. The molecule has 0 saturated heterocycles. The fourth-order valence-electron chi connectivity index (χ4n) is 1.31. The maximum atomic E-state index is 12.3. The predicted molar refractivity (Wildman–Crippen MR) is 71.2 cm³/mol. The van der Waals surface area contributed by atoms with E-state index in [1.165, 1.54) is 0 Å². The Morgan fingerprint density at radius 1 is 1.18 bits per heavy atom. The zero-order chi connectivity index (χ0) is 17.3. The van der Waals surface area contributed by atoms with Gasteiger partial charge in [-0.15, -0.1) is 0 Å². The quantitative estimate of drug-likeness (QED) is 0.453. The van der Waals surface area contributed by atoms with Gasteiger partial charge in [0.25, 0.3) is 0 Å². The highest BCUT2D eigenvalue weighted by Gasteiger charge is 2.48. The molecule has 0 aliphatic carbocycles. The van der Waals surface area contributed by atoms with Gasteiger partial charge in [-0.1, -0.05) is 6.58 Å². The van der Waals surface area contributed by atoms with E-state index >= 15 is 0 Å². The molecule has 1 aromatic rings. The summed E-state index contributed by atoms with van der Waals surface area (Å²) >= 11 is 0. The largest absolute Gasteiger partial charge is 0.534 e. The van der Waals surface area contributed by atoms with E-state index in [2.05, 4.69) is 10.8 Å². The van der Waals surface area contributed by atoms with Gasteiger partial charge in [-0.2, -0.15) is 21.6 Å². The molecule has 11 heteroatoms. The van der Waals surface area contributed by atoms with Crippen LogP contribution in [0.2, 0.25) is 0 Å². The Balaban J connectivity index is 3.47. The van der Waals surface area contributed by atoms with Gasteiger partial charge >= 0.3 is 15.6 Å². The summed E-state index contributed by atoms with van der Waals surface area (Å²) in [6, 6.07) is 2.59. The highest BCUT2D eigenvalue weighted by molar-refractivity contribution is 7.90. The SMILES string of the molecule is C=C(OC)c1cc(S(C)(=O)=O)ccc1OS(=O)(=O)C(F)(F)F.